The molecule has 1 saturated carbocycles. The Bertz CT molecular complexity index is 1050. The molecule has 3 nitrogen and oxygen atoms in total. The van der Waals surface area contributed by atoms with Crippen molar-refractivity contribution in [1.29, 1.82) is 0 Å². The molecule has 1 aliphatic heterocycles. The number of hydrogen-bond acceptors (Lipinski definition) is 1. The maximum atomic E-state index is 14.0. The van der Waals surface area contributed by atoms with Gasteiger partial charge < -0.3 is 9.47 Å². The van der Waals surface area contributed by atoms with Crippen LogP contribution in [0.2, 0.25) is 0 Å². The average molecular weight is 348 g/mol. The number of para-hydroxylation sites is 1. The second-order valence-corrected chi connectivity index (χ2v) is 7.72. The minimum atomic E-state index is -0.266. The molecule has 2 heterocycles. The molecule has 1 aliphatic carbocycles. The highest BCUT2D eigenvalue weighted by Gasteiger charge is 2.54. The molecule has 1 fully saturated rings. The number of hydrogen-bond donors (Lipinski definition) is 0. The number of rotatable bonds is 1. The summed E-state index contributed by atoms with van der Waals surface area (Å²) in [5.74, 6) is -0.223. The van der Waals surface area contributed by atoms with E-state index in [1.165, 1.54) is 22.5 Å². The molecule has 5 rings (SSSR count). The van der Waals surface area contributed by atoms with Gasteiger partial charge >= 0.3 is 0 Å². The van der Waals surface area contributed by atoms with Crippen LogP contribution in [0.15, 0.2) is 48.5 Å². The van der Waals surface area contributed by atoms with Crippen molar-refractivity contribution in [3.05, 3.63) is 71.2 Å². The number of benzene rings is 2. The van der Waals surface area contributed by atoms with Gasteiger partial charge in [-0.05, 0) is 42.2 Å². The molecule has 1 spiro atoms. The number of fused-ring (bicyclic) bond motifs is 4. The lowest BCUT2D eigenvalue weighted by Gasteiger charge is -2.41. The highest BCUT2D eigenvalue weighted by molar-refractivity contribution is 5.89. The Morgan fingerprint density at radius 3 is 2.62 bits per heavy atom. The first-order valence-electron chi connectivity index (χ1n) is 9.12. The minimum absolute atomic E-state index is 0.0430. The van der Waals surface area contributed by atoms with Crippen molar-refractivity contribution >= 4 is 16.8 Å². The predicted octanol–water partition coefficient (Wildman–Crippen LogP) is 4.30. The third kappa shape index (κ3) is 2.02. The highest BCUT2D eigenvalue weighted by Crippen LogP contribution is 2.58. The number of halogens is 1. The van der Waals surface area contributed by atoms with Crippen molar-refractivity contribution in [1.82, 2.24) is 9.47 Å². The molecule has 0 bridgehead atoms. The van der Waals surface area contributed by atoms with Gasteiger partial charge in [-0.2, -0.15) is 0 Å². The van der Waals surface area contributed by atoms with E-state index in [0.717, 1.165) is 24.1 Å². The Morgan fingerprint density at radius 2 is 1.92 bits per heavy atom. The van der Waals surface area contributed by atoms with Crippen LogP contribution in [0.25, 0.3) is 10.9 Å². The lowest BCUT2D eigenvalue weighted by Crippen LogP contribution is -2.45. The second kappa shape index (κ2) is 5.19. The standard InChI is InChI=1S/C22H21FN2O/c1-14(26)25-13-22(10-11-22)19-17-8-3-4-9-18(17)24(2)21(19)20(25)15-6-5-7-16(23)12-15/h3-9,12,20H,10-11,13H2,1-2H3. The first-order valence-corrected chi connectivity index (χ1v) is 9.12. The van der Waals surface area contributed by atoms with E-state index in [2.05, 4.69) is 29.8 Å². The van der Waals surface area contributed by atoms with Crippen molar-refractivity contribution in [3.8, 4) is 0 Å². The van der Waals surface area contributed by atoms with E-state index in [-0.39, 0.29) is 23.2 Å². The number of nitrogens with zero attached hydrogens (tertiary/aromatic N) is 2. The molecule has 4 heteroatoms. The van der Waals surface area contributed by atoms with E-state index in [0.29, 0.717) is 6.54 Å². The Labute approximate surface area is 152 Å². The smallest absolute Gasteiger partial charge is 0.220 e. The van der Waals surface area contributed by atoms with Crippen LogP contribution >= 0.6 is 0 Å². The van der Waals surface area contributed by atoms with Gasteiger partial charge in [0, 0.05) is 42.5 Å². The summed E-state index contributed by atoms with van der Waals surface area (Å²) in [7, 11) is 2.06. The maximum Gasteiger partial charge on any atom is 0.220 e. The van der Waals surface area contributed by atoms with Crippen LogP contribution in [0.4, 0.5) is 4.39 Å². The van der Waals surface area contributed by atoms with Gasteiger partial charge in [-0.3, -0.25) is 4.79 Å². The van der Waals surface area contributed by atoms with Crippen molar-refractivity contribution in [3.63, 3.8) is 0 Å². The first-order chi connectivity index (χ1) is 12.5. The van der Waals surface area contributed by atoms with Crippen LogP contribution in [0.5, 0.6) is 0 Å². The molecule has 2 aliphatic rings. The molecule has 3 aromatic rings. The van der Waals surface area contributed by atoms with Gasteiger partial charge in [0.25, 0.3) is 0 Å². The zero-order valence-corrected chi connectivity index (χ0v) is 15.0. The SMILES string of the molecule is CC(=O)N1CC2(CC2)c2c(n(C)c3ccccc23)C1c1cccc(F)c1. The molecule has 0 radical (unpaired) electrons. The number of aryl methyl sites for hydroxylation is 1. The zero-order chi connectivity index (χ0) is 18.1. The Balaban J connectivity index is 1.85. The maximum absolute atomic E-state index is 14.0. The lowest BCUT2D eigenvalue weighted by molar-refractivity contribution is -0.131. The summed E-state index contributed by atoms with van der Waals surface area (Å²) in [5, 5.41) is 1.27. The monoisotopic (exact) mass is 348 g/mol. The minimum Gasteiger partial charge on any atom is -0.345 e. The topological polar surface area (TPSA) is 25.2 Å². The summed E-state index contributed by atoms with van der Waals surface area (Å²) >= 11 is 0. The largest absolute Gasteiger partial charge is 0.345 e. The third-order valence-electron chi connectivity index (χ3n) is 6.15. The van der Waals surface area contributed by atoms with Gasteiger partial charge in [-0.15, -0.1) is 0 Å². The Hall–Kier alpha value is -2.62. The summed E-state index contributed by atoms with van der Waals surface area (Å²) < 4.78 is 16.2. The van der Waals surface area contributed by atoms with Gasteiger partial charge in [0.2, 0.25) is 5.91 Å². The lowest BCUT2D eigenvalue weighted by atomic mass is 9.83. The van der Waals surface area contributed by atoms with Gasteiger partial charge in [0.15, 0.2) is 0 Å². The van der Waals surface area contributed by atoms with Crippen LogP contribution in [0.3, 0.4) is 0 Å². The Morgan fingerprint density at radius 1 is 1.15 bits per heavy atom. The highest BCUT2D eigenvalue weighted by atomic mass is 19.1. The predicted molar refractivity (Wildman–Crippen MR) is 99.5 cm³/mol. The molecular weight excluding hydrogens is 327 g/mol. The normalized spacial score (nSPS) is 20.4. The van der Waals surface area contributed by atoms with E-state index in [4.69, 9.17) is 0 Å². The molecule has 0 N–H and O–H groups in total. The fraction of sp³-hybridized carbons (Fsp3) is 0.318. The fourth-order valence-corrected chi connectivity index (χ4v) is 4.80. The molecule has 1 atom stereocenters. The molecule has 26 heavy (non-hydrogen) atoms. The average Bonchev–Trinajstić information content (AvgIpc) is 3.33. The van der Waals surface area contributed by atoms with E-state index in [9.17, 15) is 9.18 Å². The zero-order valence-electron chi connectivity index (χ0n) is 15.0. The van der Waals surface area contributed by atoms with Gasteiger partial charge in [0.05, 0.1) is 6.04 Å². The van der Waals surface area contributed by atoms with Crippen molar-refractivity contribution in [2.24, 2.45) is 7.05 Å². The summed E-state index contributed by atoms with van der Waals surface area (Å²) in [6, 6.07) is 14.9. The quantitative estimate of drug-likeness (QED) is 0.644. The van der Waals surface area contributed by atoms with Crippen molar-refractivity contribution in [2.45, 2.75) is 31.2 Å². The number of carbonyl (C=O) groups is 1. The number of amides is 1. The van der Waals surface area contributed by atoms with E-state index in [1.54, 1.807) is 19.1 Å². The van der Waals surface area contributed by atoms with E-state index >= 15 is 0 Å². The van der Waals surface area contributed by atoms with Crippen LogP contribution in [0, 0.1) is 5.82 Å². The number of aromatic nitrogens is 1. The number of carbonyl (C=O) groups excluding carboxylic acids is 1. The Kier molecular flexibility index (Phi) is 3.12. The van der Waals surface area contributed by atoms with Crippen LogP contribution in [-0.4, -0.2) is 21.9 Å². The summed E-state index contributed by atoms with van der Waals surface area (Å²) in [6.45, 7) is 2.33. The molecule has 132 valence electrons. The van der Waals surface area contributed by atoms with Crippen molar-refractivity contribution < 1.29 is 9.18 Å². The van der Waals surface area contributed by atoms with Gasteiger partial charge in [-0.1, -0.05) is 30.3 Å². The van der Waals surface area contributed by atoms with E-state index < -0.39 is 0 Å². The van der Waals surface area contributed by atoms with Gasteiger partial charge in [0.1, 0.15) is 5.82 Å². The molecule has 1 aromatic heterocycles. The summed E-state index contributed by atoms with van der Waals surface area (Å²) in [5.41, 5.74) is 4.57. The third-order valence-corrected chi connectivity index (χ3v) is 6.15. The molecule has 0 saturated heterocycles. The van der Waals surface area contributed by atoms with Crippen LogP contribution in [-0.2, 0) is 17.3 Å². The fourth-order valence-electron chi connectivity index (χ4n) is 4.80. The summed E-state index contributed by atoms with van der Waals surface area (Å²) in [6.07, 6.45) is 2.21. The molecule has 1 amide bonds. The van der Waals surface area contributed by atoms with Crippen LogP contribution in [0.1, 0.15) is 42.6 Å². The van der Waals surface area contributed by atoms with Crippen molar-refractivity contribution in [2.75, 3.05) is 6.54 Å². The second-order valence-electron chi connectivity index (χ2n) is 7.72. The first kappa shape index (κ1) is 15.6. The summed E-state index contributed by atoms with van der Waals surface area (Å²) in [4.78, 5) is 14.5. The molecule has 1 unspecified atom stereocenters. The van der Waals surface area contributed by atoms with Crippen LogP contribution < -0.4 is 0 Å². The van der Waals surface area contributed by atoms with E-state index in [1.807, 2.05) is 17.0 Å². The van der Waals surface area contributed by atoms with Gasteiger partial charge in [-0.25, -0.2) is 4.39 Å². The molecule has 2 aromatic carbocycles. The molecular formula is C22H21FN2O.